The number of sulfonamides is 1. The zero-order chi connectivity index (χ0) is 23.5. The summed E-state index contributed by atoms with van der Waals surface area (Å²) in [6.07, 6.45) is -1.01. The number of ether oxygens (including phenoxy) is 1. The Morgan fingerprint density at radius 1 is 1.34 bits per heavy atom. The molecule has 4 N–H and O–H groups in total. The van der Waals surface area contributed by atoms with Crippen molar-refractivity contribution in [2.45, 2.75) is 4.21 Å². The lowest BCUT2D eigenvalue weighted by Gasteiger charge is -2.13. The van der Waals surface area contributed by atoms with Crippen molar-refractivity contribution >= 4 is 50.6 Å². The summed E-state index contributed by atoms with van der Waals surface area (Å²) in [6, 6.07) is 10.7. The first-order valence-corrected chi connectivity index (χ1v) is 13.3. The third-order valence-corrected chi connectivity index (χ3v) is 8.74. The van der Waals surface area contributed by atoms with Crippen LogP contribution in [0.15, 0.2) is 40.6 Å². The molecule has 0 saturated carbocycles. The smallest absolute Gasteiger partial charge is 0.391 e. The van der Waals surface area contributed by atoms with Crippen LogP contribution in [0.5, 0.6) is 11.5 Å². The van der Waals surface area contributed by atoms with E-state index in [-0.39, 0.29) is 45.3 Å². The highest BCUT2D eigenvalue weighted by atomic mass is 35.5. The number of nitriles is 1. The van der Waals surface area contributed by atoms with E-state index in [0.717, 1.165) is 0 Å². The normalized spacial score (nSPS) is 13.5. The molecule has 0 spiro atoms. The van der Waals surface area contributed by atoms with E-state index in [9.17, 15) is 23.1 Å². The van der Waals surface area contributed by atoms with Crippen LogP contribution < -0.4 is 19.7 Å². The first-order valence-electron chi connectivity index (χ1n) is 8.83. The predicted octanol–water partition coefficient (Wildman–Crippen LogP) is 3.40. The van der Waals surface area contributed by atoms with Gasteiger partial charge in [-0.15, -0.1) is 11.3 Å². The minimum Gasteiger partial charge on any atom is -0.491 e. The topological polar surface area (TPSA) is 152 Å². The molecule has 170 valence electrons. The standard InChI is InChI=1S/C18H16ClFN3O6PS2/c19-13-8-14(28-7-6-21)12(9-22)15-16(20)18(31-17(13)15)32(26,27)23-10-30(24,25)29-11-4-2-1-3-5-11/h1-5,8,23H,6-7,10,21H2,(H,24,25). The summed E-state index contributed by atoms with van der Waals surface area (Å²) in [5, 5.41) is 9.12. The Bertz CT molecular complexity index is 1340. The number of thiophene rings is 1. The monoisotopic (exact) mass is 519 g/mol. The van der Waals surface area contributed by atoms with Gasteiger partial charge in [0.15, 0.2) is 10.0 Å². The summed E-state index contributed by atoms with van der Waals surface area (Å²) >= 11 is 6.62. The van der Waals surface area contributed by atoms with Crippen LogP contribution in [-0.2, 0) is 14.6 Å². The number of para-hydroxylation sites is 1. The van der Waals surface area contributed by atoms with E-state index in [0.29, 0.717) is 11.3 Å². The van der Waals surface area contributed by atoms with Crippen molar-refractivity contribution in [3.63, 3.8) is 0 Å². The molecule has 2 aromatic carbocycles. The highest BCUT2D eigenvalue weighted by Crippen LogP contribution is 2.44. The van der Waals surface area contributed by atoms with Gasteiger partial charge in [-0.3, -0.25) is 0 Å². The molecule has 0 aliphatic heterocycles. The highest BCUT2D eigenvalue weighted by Gasteiger charge is 2.31. The second-order valence-electron chi connectivity index (χ2n) is 6.24. The van der Waals surface area contributed by atoms with Crippen molar-refractivity contribution in [2.24, 2.45) is 5.73 Å². The first kappa shape index (κ1) is 24.4. The third-order valence-electron chi connectivity index (χ3n) is 3.97. The molecule has 0 bridgehead atoms. The Morgan fingerprint density at radius 3 is 2.66 bits per heavy atom. The lowest BCUT2D eigenvalue weighted by Crippen LogP contribution is -2.25. The van der Waals surface area contributed by atoms with Crippen LogP contribution in [0.25, 0.3) is 10.1 Å². The summed E-state index contributed by atoms with van der Waals surface area (Å²) < 4.78 is 64.1. The summed E-state index contributed by atoms with van der Waals surface area (Å²) in [5.41, 5.74) is 5.13. The molecule has 32 heavy (non-hydrogen) atoms. The van der Waals surface area contributed by atoms with Gasteiger partial charge in [0.05, 0.1) is 15.1 Å². The molecule has 0 aliphatic rings. The number of rotatable bonds is 9. The van der Waals surface area contributed by atoms with Crippen LogP contribution in [-0.4, -0.2) is 32.7 Å². The van der Waals surface area contributed by atoms with Gasteiger partial charge in [0, 0.05) is 12.6 Å². The maximum Gasteiger partial charge on any atom is 0.391 e. The molecule has 1 atom stereocenters. The summed E-state index contributed by atoms with van der Waals surface area (Å²) in [7, 11) is -9.04. The molecule has 9 nitrogen and oxygen atoms in total. The molecule has 3 aromatic rings. The minimum atomic E-state index is -4.60. The maximum atomic E-state index is 15.2. The van der Waals surface area contributed by atoms with Crippen LogP contribution in [0.2, 0.25) is 5.02 Å². The second-order valence-corrected chi connectivity index (χ2v) is 11.4. The summed E-state index contributed by atoms with van der Waals surface area (Å²) in [5.74, 6) is -1.22. The minimum absolute atomic E-state index is 0.00825. The van der Waals surface area contributed by atoms with Crippen molar-refractivity contribution in [1.29, 1.82) is 5.26 Å². The molecule has 0 fully saturated rings. The number of nitrogens with one attached hydrogen (secondary N) is 1. The third kappa shape index (κ3) is 5.22. The average molecular weight is 520 g/mol. The Kier molecular flexibility index (Phi) is 7.42. The molecule has 0 aliphatic carbocycles. The molecule has 0 saturated heterocycles. The number of nitrogens with zero attached hydrogens (tertiary/aromatic N) is 1. The van der Waals surface area contributed by atoms with Crippen molar-refractivity contribution in [3.8, 4) is 17.6 Å². The van der Waals surface area contributed by atoms with Crippen LogP contribution in [0.3, 0.4) is 0 Å². The summed E-state index contributed by atoms with van der Waals surface area (Å²) in [6.45, 7) is 0.157. The number of hydrogen-bond acceptors (Lipinski definition) is 8. The highest BCUT2D eigenvalue weighted by molar-refractivity contribution is 7.92. The predicted molar refractivity (Wildman–Crippen MR) is 118 cm³/mol. The Morgan fingerprint density at radius 2 is 2.03 bits per heavy atom. The van der Waals surface area contributed by atoms with Crippen molar-refractivity contribution < 1.29 is 31.5 Å². The second kappa shape index (κ2) is 9.72. The molecule has 1 unspecified atom stereocenters. The van der Waals surface area contributed by atoms with Gasteiger partial charge in [-0.25, -0.2) is 17.4 Å². The maximum absolute atomic E-state index is 15.2. The van der Waals surface area contributed by atoms with Crippen molar-refractivity contribution in [3.05, 3.63) is 52.8 Å². The molecule has 1 aromatic heterocycles. The van der Waals surface area contributed by atoms with Gasteiger partial charge in [0.1, 0.15) is 36.0 Å². The van der Waals surface area contributed by atoms with Gasteiger partial charge >= 0.3 is 7.60 Å². The van der Waals surface area contributed by atoms with Gasteiger partial charge in [0.2, 0.25) is 0 Å². The molecule has 0 radical (unpaired) electrons. The molecular formula is C18H16ClFN3O6PS2. The number of benzene rings is 2. The van der Waals surface area contributed by atoms with E-state index in [1.807, 2.05) is 4.72 Å². The van der Waals surface area contributed by atoms with Gasteiger partial charge in [-0.2, -0.15) is 9.98 Å². The van der Waals surface area contributed by atoms with Gasteiger partial charge < -0.3 is 19.9 Å². The SMILES string of the molecule is N#Cc1c(OCCN)cc(Cl)c2sc(S(=O)(=O)NCP(=O)(O)Oc3ccccc3)c(F)c12. The largest absolute Gasteiger partial charge is 0.491 e. The van der Waals surface area contributed by atoms with Gasteiger partial charge in [0.25, 0.3) is 10.0 Å². The number of fused-ring (bicyclic) bond motifs is 1. The molecule has 3 rings (SSSR count). The Hall–Kier alpha value is -2.23. The zero-order valence-corrected chi connectivity index (χ0v) is 19.4. The van der Waals surface area contributed by atoms with Crippen molar-refractivity contribution in [1.82, 2.24) is 4.72 Å². The van der Waals surface area contributed by atoms with Crippen molar-refractivity contribution in [2.75, 3.05) is 19.4 Å². The number of hydrogen-bond donors (Lipinski definition) is 3. The van der Waals surface area contributed by atoms with E-state index in [4.69, 9.17) is 26.6 Å². The average Bonchev–Trinajstić information content (AvgIpc) is 3.10. The fourth-order valence-corrected chi connectivity index (χ4v) is 6.95. The Labute approximate surface area is 191 Å². The van der Waals surface area contributed by atoms with Gasteiger partial charge in [-0.1, -0.05) is 29.8 Å². The van der Waals surface area contributed by atoms with E-state index >= 15 is 4.39 Å². The molecular weight excluding hydrogens is 504 g/mol. The van der Waals surface area contributed by atoms with E-state index in [2.05, 4.69) is 0 Å². The Balaban J connectivity index is 1.94. The van der Waals surface area contributed by atoms with E-state index in [1.165, 1.54) is 18.2 Å². The zero-order valence-electron chi connectivity index (χ0n) is 16.1. The van der Waals surface area contributed by atoms with Crippen LogP contribution in [0.4, 0.5) is 4.39 Å². The fourth-order valence-electron chi connectivity index (χ4n) is 2.63. The fraction of sp³-hybridized carbons (Fsp3) is 0.167. The quantitative estimate of drug-likeness (QED) is 0.364. The van der Waals surface area contributed by atoms with Gasteiger partial charge in [-0.05, 0) is 12.1 Å². The van der Waals surface area contributed by atoms with E-state index in [1.54, 1.807) is 24.3 Å². The van der Waals surface area contributed by atoms with Crippen LogP contribution in [0, 0.1) is 17.1 Å². The molecule has 0 amide bonds. The molecule has 14 heteroatoms. The first-order chi connectivity index (χ1) is 15.1. The summed E-state index contributed by atoms with van der Waals surface area (Å²) in [4.78, 5) is 9.96. The van der Waals surface area contributed by atoms with E-state index < -0.39 is 33.9 Å². The van der Waals surface area contributed by atoms with Crippen LogP contribution in [0.1, 0.15) is 5.56 Å². The molecule has 1 heterocycles. The van der Waals surface area contributed by atoms with Crippen LogP contribution >= 0.6 is 30.5 Å². The lowest BCUT2D eigenvalue weighted by molar-refractivity contribution is 0.328. The number of halogens is 2. The lowest BCUT2D eigenvalue weighted by atomic mass is 10.1. The number of nitrogens with two attached hydrogens (primary N) is 1.